The standard InChI is InChI=1S/C13H16N2O4/c1-2-19-10-4-3-6-14-11(10)12(16)15-7-5-9(8-15)13(17)18/h3-4,6,9H,2,5,7-8H2,1H3,(H,17,18)/t9-/m0/s1. The highest BCUT2D eigenvalue weighted by Crippen LogP contribution is 2.22. The minimum Gasteiger partial charge on any atom is -0.491 e. The molecule has 0 aliphatic carbocycles. The summed E-state index contributed by atoms with van der Waals surface area (Å²) >= 11 is 0. The van der Waals surface area contributed by atoms with Crippen molar-refractivity contribution in [2.45, 2.75) is 13.3 Å². The molecule has 1 aromatic heterocycles. The van der Waals surface area contributed by atoms with Crippen molar-refractivity contribution in [3.63, 3.8) is 0 Å². The van der Waals surface area contributed by atoms with Crippen molar-refractivity contribution < 1.29 is 19.4 Å². The van der Waals surface area contributed by atoms with E-state index in [-0.39, 0.29) is 18.1 Å². The Morgan fingerprint density at radius 2 is 2.37 bits per heavy atom. The van der Waals surface area contributed by atoms with Crippen LogP contribution in [0.5, 0.6) is 5.75 Å². The Morgan fingerprint density at radius 3 is 3.00 bits per heavy atom. The number of pyridine rings is 1. The van der Waals surface area contributed by atoms with Gasteiger partial charge in [-0.2, -0.15) is 0 Å². The molecule has 0 bridgehead atoms. The predicted octanol–water partition coefficient (Wildman–Crippen LogP) is 1.03. The lowest BCUT2D eigenvalue weighted by Crippen LogP contribution is -2.31. The highest BCUT2D eigenvalue weighted by atomic mass is 16.5. The summed E-state index contributed by atoms with van der Waals surface area (Å²) < 4.78 is 5.37. The Labute approximate surface area is 111 Å². The summed E-state index contributed by atoms with van der Waals surface area (Å²) in [4.78, 5) is 28.8. The highest BCUT2D eigenvalue weighted by Gasteiger charge is 2.32. The molecule has 0 radical (unpaired) electrons. The van der Waals surface area contributed by atoms with Crippen molar-refractivity contribution in [2.75, 3.05) is 19.7 Å². The molecule has 0 spiro atoms. The van der Waals surface area contributed by atoms with Gasteiger partial charge in [0.05, 0.1) is 12.5 Å². The molecule has 0 aromatic carbocycles. The predicted molar refractivity (Wildman–Crippen MR) is 67.1 cm³/mol. The molecule has 1 aliphatic rings. The van der Waals surface area contributed by atoms with Gasteiger partial charge in [0.25, 0.3) is 5.91 Å². The lowest BCUT2D eigenvalue weighted by molar-refractivity contribution is -0.141. The number of carboxylic acid groups (broad SMARTS) is 1. The smallest absolute Gasteiger partial charge is 0.308 e. The molecule has 1 fully saturated rings. The van der Waals surface area contributed by atoms with Gasteiger partial charge >= 0.3 is 5.97 Å². The van der Waals surface area contributed by atoms with E-state index in [0.29, 0.717) is 25.3 Å². The van der Waals surface area contributed by atoms with Gasteiger partial charge in [0.15, 0.2) is 11.4 Å². The Kier molecular flexibility index (Phi) is 3.99. The molecule has 19 heavy (non-hydrogen) atoms. The molecule has 0 saturated carbocycles. The van der Waals surface area contributed by atoms with E-state index in [4.69, 9.17) is 9.84 Å². The molecule has 6 nitrogen and oxygen atoms in total. The van der Waals surface area contributed by atoms with Crippen LogP contribution in [0.4, 0.5) is 0 Å². The molecule has 2 rings (SSSR count). The number of amides is 1. The second kappa shape index (κ2) is 5.69. The molecule has 6 heteroatoms. The van der Waals surface area contributed by atoms with Crippen molar-refractivity contribution in [2.24, 2.45) is 5.92 Å². The van der Waals surface area contributed by atoms with Crippen LogP contribution >= 0.6 is 0 Å². The van der Waals surface area contributed by atoms with Gasteiger partial charge in [-0.3, -0.25) is 9.59 Å². The molecule has 1 aromatic rings. The highest BCUT2D eigenvalue weighted by molar-refractivity contribution is 5.95. The SMILES string of the molecule is CCOc1cccnc1C(=O)N1CC[C@H](C(=O)O)C1. The number of aromatic nitrogens is 1. The van der Waals surface area contributed by atoms with Gasteiger partial charge < -0.3 is 14.7 Å². The second-order valence-electron chi connectivity index (χ2n) is 4.36. The fourth-order valence-corrected chi connectivity index (χ4v) is 2.12. The van der Waals surface area contributed by atoms with E-state index in [1.54, 1.807) is 12.1 Å². The zero-order chi connectivity index (χ0) is 13.8. The molecule has 1 N–H and O–H groups in total. The van der Waals surface area contributed by atoms with Crippen molar-refractivity contribution in [3.8, 4) is 5.75 Å². The molecule has 2 heterocycles. The Bertz CT molecular complexity index is 489. The number of carbonyl (C=O) groups excluding carboxylic acids is 1. The van der Waals surface area contributed by atoms with Crippen LogP contribution in [0, 0.1) is 5.92 Å². The minimum absolute atomic E-state index is 0.232. The third-order valence-corrected chi connectivity index (χ3v) is 3.10. The van der Waals surface area contributed by atoms with Crippen LogP contribution in [0.1, 0.15) is 23.8 Å². The Morgan fingerprint density at radius 1 is 1.58 bits per heavy atom. The fourth-order valence-electron chi connectivity index (χ4n) is 2.12. The van der Waals surface area contributed by atoms with Crippen LogP contribution in [0.25, 0.3) is 0 Å². The Hall–Kier alpha value is -2.11. The van der Waals surface area contributed by atoms with Crippen molar-refractivity contribution in [1.82, 2.24) is 9.88 Å². The normalized spacial score (nSPS) is 18.4. The third kappa shape index (κ3) is 2.83. The van der Waals surface area contributed by atoms with E-state index in [9.17, 15) is 9.59 Å². The van der Waals surface area contributed by atoms with E-state index >= 15 is 0 Å². The van der Waals surface area contributed by atoms with Gasteiger partial charge in [-0.25, -0.2) is 4.98 Å². The van der Waals surface area contributed by atoms with E-state index in [2.05, 4.69) is 4.98 Å². The average molecular weight is 264 g/mol. The van der Waals surface area contributed by atoms with E-state index in [0.717, 1.165) is 0 Å². The maximum absolute atomic E-state index is 12.3. The molecule has 0 unspecified atom stereocenters. The number of hydrogen-bond acceptors (Lipinski definition) is 4. The van der Waals surface area contributed by atoms with Gasteiger partial charge in [-0.05, 0) is 25.5 Å². The van der Waals surface area contributed by atoms with Crippen LogP contribution < -0.4 is 4.74 Å². The summed E-state index contributed by atoms with van der Waals surface area (Å²) in [5.74, 6) is -1.17. The molecule has 102 valence electrons. The van der Waals surface area contributed by atoms with Crippen molar-refractivity contribution >= 4 is 11.9 Å². The van der Waals surface area contributed by atoms with Gasteiger partial charge in [-0.1, -0.05) is 0 Å². The average Bonchev–Trinajstić information content (AvgIpc) is 2.89. The minimum atomic E-state index is -0.860. The molecule has 1 saturated heterocycles. The molecule has 1 aliphatic heterocycles. The largest absolute Gasteiger partial charge is 0.491 e. The lowest BCUT2D eigenvalue weighted by atomic mass is 10.1. The summed E-state index contributed by atoms with van der Waals surface area (Å²) in [5, 5.41) is 8.94. The summed E-state index contributed by atoms with van der Waals surface area (Å²) in [6.45, 7) is 2.95. The number of likely N-dealkylation sites (tertiary alicyclic amines) is 1. The first kappa shape index (κ1) is 13.3. The zero-order valence-corrected chi connectivity index (χ0v) is 10.7. The molecule has 1 amide bonds. The van der Waals surface area contributed by atoms with Crippen LogP contribution in [0.2, 0.25) is 0 Å². The third-order valence-electron chi connectivity index (χ3n) is 3.10. The van der Waals surface area contributed by atoms with Gasteiger partial charge in [0, 0.05) is 19.3 Å². The molecule has 1 atom stereocenters. The monoisotopic (exact) mass is 264 g/mol. The van der Waals surface area contributed by atoms with Crippen molar-refractivity contribution in [3.05, 3.63) is 24.0 Å². The Balaban J connectivity index is 2.14. The lowest BCUT2D eigenvalue weighted by Gasteiger charge is -2.17. The molecular weight excluding hydrogens is 248 g/mol. The fraction of sp³-hybridized carbons (Fsp3) is 0.462. The van der Waals surface area contributed by atoms with Crippen LogP contribution in [0.3, 0.4) is 0 Å². The van der Waals surface area contributed by atoms with E-state index in [1.807, 2.05) is 6.92 Å². The number of ether oxygens (including phenoxy) is 1. The van der Waals surface area contributed by atoms with Crippen LogP contribution in [-0.2, 0) is 4.79 Å². The second-order valence-corrected chi connectivity index (χ2v) is 4.36. The van der Waals surface area contributed by atoms with Gasteiger partial charge in [0.2, 0.25) is 0 Å². The van der Waals surface area contributed by atoms with Crippen molar-refractivity contribution in [1.29, 1.82) is 0 Å². The topological polar surface area (TPSA) is 79.7 Å². The summed E-state index contributed by atoms with van der Waals surface area (Å²) in [5.41, 5.74) is 0.246. The number of aliphatic carboxylic acids is 1. The number of hydrogen-bond donors (Lipinski definition) is 1. The van der Waals surface area contributed by atoms with Gasteiger partial charge in [-0.15, -0.1) is 0 Å². The number of carbonyl (C=O) groups is 2. The zero-order valence-electron chi connectivity index (χ0n) is 10.7. The first-order chi connectivity index (χ1) is 9.13. The number of nitrogens with zero attached hydrogens (tertiary/aromatic N) is 2. The van der Waals surface area contributed by atoms with Crippen LogP contribution in [-0.4, -0.2) is 46.6 Å². The summed E-state index contributed by atoms with van der Waals surface area (Å²) in [6.07, 6.45) is 2.01. The number of rotatable bonds is 4. The van der Waals surface area contributed by atoms with E-state index < -0.39 is 11.9 Å². The maximum atomic E-state index is 12.3. The van der Waals surface area contributed by atoms with Gasteiger partial charge in [0.1, 0.15) is 0 Å². The maximum Gasteiger partial charge on any atom is 0.308 e. The summed E-state index contributed by atoms with van der Waals surface area (Å²) in [7, 11) is 0. The summed E-state index contributed by atoms with van der Waals surface area (Å²) in [6, 6.07) is 3.39. The molecular formula is C13H16N2O4. The van der Waals surface area contributed by atoms with E-state index in [1.165, 1.54) is 11.1 Å². The van der Waals surface area contributed by atoms with Crippen LogP contribution in [0.15, 0.2) is 18.3 Å². The first-order valence-corrected chi connectivity index (χ1v) is 6.23. The quantitative estimate of drug-likeness (QED) is 0.878. The number of carboxylic acids is 1. The first-order valence-electron chi connectivity index (χ1n) is 6.23.